The monoisotopic (exact) mass is 305 g/mol. The lowest BCUT2D eigenvalue weighted by atomic mass is 10.1. The van der Waals surface area contributed by atoms with E-state index in [0.717, 1.165) is 44.6 Å². The van der Waals surface area contributed by atoms with Gasteiger partial charge in [0, 0.05) is 25.7 Å². The van der Waals surface area contributed by atoms with Gasteiger partial charge < -0.3 is 9.47 Å². The minimum absolute atomic E-state index is 0.0845. The number of nitrogens with zero attached hydrogens (tertiary/aromatic N) is 1. The van der Waals surface area contributed by atoms with Crippen LogP contribution in [0.1, 0.15) is 43.8 Å². The molecular formula is C14H24ClNO2S. The Bertz CT molecular complexity index is 355. The maximum absolute atomic E-state index is 5.72. The molecule has 5 heteroatoms. The van der Waals surface area contributed by atoms with Crippen LogP contribution in [0.25, 0.3) is 0 Å². The summed E-state index contributed by atoms with van der Waals surface area (Å²) in [4.78, 5) is 4.44. The third kappa shape index (κ3) is 7.25. The number of ether oxygens (including phenoxy) is 2. The number of aryl methyl sites for hydroxylation is 1. The van der Waals surface area contributed by atoms with Crippen LogP contribution < -0.4 is 0 Å². The van der Waals surface area contributed by atoms with Gasteiger partial charge in [0.15, 0.2) is 0 Å². The van der Waals surface area contributed by atoms with Crippen molar-refractivity contribution in [1.82, 2.24) is 4.98 Å². The van der Waals surface area contributed by atoms with E-state index < -0.39 is 0 Å². The zero-order valence-corrected chi connectivity index (χ0v) is 13.6. The van der Waals surface area contributed by atoms with Gasteiger partial charge >= 0.3 is 0 Å². The summed E-state index contributed by atoms with van der Waals surface area (Å²) in [5, 5.41) is 3.21. The molecule has 0 unspecified atom stereocenters. The molecular weight excluding hydrogens is 282 g/mol. The summed E-state index contributed by atoms with van der Waals surface area (Å²) in [5.74, 6) is 0.509. The lowest BCUT2D eigenvalue weighted by Gasteiger charge is -2.22. The predicted octanol–water partition coefficient (Wildman–Crippen LogP) is 4.04. The first kappa shape index (κ1) is 16.9. The molecule has 1 aromatic rings. The van der Waals surface area contributed by atoms with Crippen LogP contribution in [0.15, 0.2) is 5.38 Å². The van der Waals surface area contributed by atoms with Gasteiger partial charge in [-0.05, 0) is 39.5 Å². The van der Waals surface area contributed by atoms with Gasteiger partial charge in [0.2, 0.25) is 0 Å². The van der Waals surface area contributed by atoms with Crippen LogP contribution in [-0.4, -0.2) is 30.9 Å². The smallest absolute Gasteiger partial charge is 0.0928 e. The summed E-state index contributed by atoms with van der Waals surface area (Å²) < 4.78 is 11.0. The quantitative estimate of drug-likeness (QED) is 0.483. The standard InChI is InChI=1S/C14H24ClNO2S/c1-14(2,17-3)7-9-18-8-5-4-6-13-16-12(10-15)11-19-13/h11H,4-10H2,1-3H3. The van der Waals surface area contributed by atoms with Gasteiger partial charge in [0.05, 0.1) is 22.2 Å². The van der Waals surface area contributed by atoms with E-state index in [2.05, 4.69) is 18.8 Å². The second kappa shape index (κ2) is 8.90. The number of unbranched alkanes of at least 4 members (excludes halogenated alkanes) is 1. The highest BCUT2D eigenvalue weighted by Gasteiger charge is 2.15. The summed E-state index contributed by atoms with van der Waals surface area (Å²) in [6.07, 6.45) is 4.13. The van der Waals surface area contributed by atoms with Crippen molar-refractivity contribution in [1.29, 1.82) is 0 Å². The van der Waals surface area contributed by atoms with Crippen molar-refractivity contribution in [2.24, 2.45) is 0 Å². The van der Waals surface area contributed by atoms with Gasteiger partial charge in [0.1, 0.15) is 0 Å². The summed E-state index contributed by atoms with van der Waals surface area (Å²) in [6, 6.07) is 0. The highest BCUT2D eigenvalue weighted by molar-refractivity contribution is 7.09. The highest BCUT2D eigenvalue weighted by Crippen LogP contribution is 2.15. The third-order valence-electron chi connectivity index (χ3n) is 3.07. The average Bonchev–Trinajstić information content (AvgIpc) is 2.85. The summed E-state index contributed by atoms with van der Waals surface area (Å²) in [7, 11) is 1.74. The van der Waals surface area contributed by atoms with E-state index in [1.54, 1.807) is 18.4 Å². The molecule has 0 aliphatic heterocycles. The first-order valence-corrected chi connectivity index (χ1v) is 8.11. The number of hydrogen-bond donors (Lipinski definition) is 0. The van der Waals surface area contributed by atoms with Crippen molar-refractivity contribution in [3.63, 3.8) is 0 Å². The average molecular weight is 306 g/mol. The van der Waals surface area contributed by atoms with Gasteiger partial charge in [-0.2, -0.15) is 0 Å². The van der Waals surface area contributed by atoms with Gasteiger partial charge in [-0.3, -0.25) is 0 Å². The van der Waals surface area contributed by atoms with Crippen LogP contribution in [0.4, 0.5) is 0 Å². The maximum atomic E-state index is 5.72. The van der Waals surface area contributed by atoms with Crippen LogP contribution in [0.3, 0.4) is 0 Å². The fourth-order valence-electron chi connectivity index (χ4n) is 1.53. The number of rotatable bonds is 10. The molecule has 1 rings (SSSR count). The molecule has 0 aliphatic rings. The molecule has 0 aromatic carbocycles. The molecule has 0 aliphatic carbocycles. The van der Waals surface area contributed by atoms with Crippen LogP contribution in [0.5, 0.6) is 0 Å². The number of methoxy groups -OCH3 is 1. The Hall–Kier alpha value is -0.160. The molecule has 19 heavy (non-hydrogen) atoms. The number of thiazole rings is 1. The molecule has 0 radical (unpaired) electrons. The summed E-state index contributed by atoms with van der Waals surface area (Å²) in [6.45, 7) is 5.72. The van der Waals surface area contributed by atoms with E-state index in [-0.39, 0.29) is 5.60 Å². The third-order valence-corrected chi connectivity index (χ3v) is 4.30. The molecule has 1 heterocycles. The van der Waals surface area contributed by atoms with Crippen molar-refractivity contribution >= 4 is 22.9 Å². The first-order chi connectivity index (χ1) is 9.07. The SMILES string of the molecule is COC(C)(C)CCOCCCCc1nc(CCl)cs1. The molecule has 0 bridgehead atoms. The Kier molecular flexibility index (Phi) is 7.91. The number of aromatic nitrogens is 1. The topological polar surface area (TPSA) is 31.4 Å². The van der Waals surface area contributed by atoms with E-state index >= 15 is 0 Å². The molecule has 0 spiro atoms. The van der Waals surface area contributed by atoms with E-state index in [1.165, 1.54) is 5.01 Å². The Balaban J connectivity index is 1.99. The zero-order valence-electron chi connectivity index (χ0n) is 12.1. The Morgan fingerprint density at radius 3 is 2.74 bits per heavy atom. The van der Waals surface area contributed by atoms with Crippen molar-refractivity contribution in [3.8, 4) is 0 Å². The normalized spacial score (nSPS) is 12.0. The minimum atomic E-state index is -0.0845. The van der Waals surface area contributed by atoms with Crippen LogP contribution >= 0.6 is 22.9 Å². The molecule has 0 saturated heterocycles. The largest absolute Gasteiger partial charge is 0.381 e. The predicted molar refractivity (Wildman–Crippen MR) is 81.1 cm³/mol. The van der Waals surface area contributed by atoms with E-state index in [9.17, 15) is 0 Å². The Labute approximate surface area is 125 Å². The highest BCUT2D eigenvalue weighted by atomic mass is 35.5. The maximum Gasteiger partial charge on any atom is 0.0928 e. The van der Waals surface area contributed by atoms with Crippen molar-refractivity contribution in [2.75, 3.05) is 20.3 Å². The van der Waals surface area contributed by atoms with E-state index in [1.807, 2.05) is 5.38 Å². The first-order valence-electron chi connectivity index (χ1n) is 6.69. The van der Waals surface area contributed by atoms with Crippen molar-refractivity contribution in [3.05, 3.63) is 16.1 Å². The Morgan fingerprint density at radius 2 is 2.11 bits per heavy atom. The molecule has 1 aromatic heterocycles. The number of halogens is 1. The van der Waals surface area contributed by atoms with Gasteiger partial charge in [0.25, 0.3) is 0 Å². The van der Waals surface area contributed by atoms with Crippen LogP contribution in [-0.2, 0) is 21.8 Å². The fourth-order valence-corrected chi connectivity index (χ4v) is 2.60. The van der Waals surface area contributed by atoms with E-state index in [4.69, 9.17) is 21.1 Å². The second-order valence-electron chi connectivity index (χ2n) is 5.15. The summed E-state index contributed by atoms with van der Waals surface area (Å²) >= 11 is 7.42. The van der Waals surface area contributed by atoms with Crippen molar-refractivity contribution < 1.29 is 9.47 Å². The minimum Gasteiger partial charge on any atom is -0.381 e. The lowest BCUT2D eigenvalue weighted by molar-refractivity contribution is -0.0101. The van der Waals surface area contributed by atoms with E-state index in [0.29, 0.717) is 5.88 Å². The molecule has 0 saturated carbocycles. The fraction of sp³-hybridized carbons (Fsp3) is 0.786. The van der Waals surface area contributed by atoms with Gasteiger partial charge in [-0.1, -0.05) is 0 Å². The Morgan fingerprint density at radius 1 is 1.32 bits per heavy atom. The number of hydrogen-bond acceptors (Lipinski definition) is 4. The molecule has 3 nitrogen and oxygen atoms in total. The molecule has 0 atom stereocenters. The zero-order chi connectivity index (χ0) is 14.1. The lowest BCUT2D eigenvalue weighted by Crippen LogP contribution is -2.24. The van der Waals surface area contributed by atoms with Crippen LogP contribution in [0, 0.1) is 0 Å². The second-order valence-corrected chi connectivity index (χ2v) is 6.36. The van der Waals surface area contributed by atoms with Gasteiger partial charge in [-0.25, -0.2) is 4.98 Å². The van der Waals surface area contributed by atoms with Gasteiger partial charge in [-0.15, -0.1) is 22.9 Å². The number of alkyl halides is 1. The summed E-state index contributed by atoms with van der Waals surface area (Å²) in [5.41, 5.74) is 0.901. The van der Waals surface area contributed by atoms with Crippen LogP contribution in [0.2, 0.25) is 0 Å². The molecule has 0 fully saturated rings. The molecule has 110 valence electrons. The molecule has 0 N–H and O–H groups in total. The molecule has 0 amide bonds. The van der Waals surface area contributed by atoms with Crippen molar-refractivity contribution in [2.45, 2.75) is 51.0 Å².